The van der Waals surface area contributed by atoms with Gasteiger partial charge in [0, 0.05) is 23.1 Å². The largest absolute Gasteiger partial charge is 0.369 e. The second-order valence-electron chi connectivity index (χ2n) is 7.04. The molecular formula is C23H24N4S. The van der Waals surface area contributed by atoms with Crippen LogP contribution in [0.4, 0.5) is 5.82 Å². The van der Waals surface area contributed by atoms with E-state index in [0.717, 1.165) is 46.9 Å². The number of nitrogens with zero attached hydrogens (tertiary/aromatic N) is 3. The number of hydrogen-bond acceptors (Lipinski definition) is 5. The topological polar surface area (TPSA) is 41.0 Å². The SMILES string of the molecule is CN(C)CCCNc1nc(-c2ccccc2)nc2scc(-c3ccccc3)c12. The van der Waals surface area contributed by atoms with Gasteiger partial charge in [-0.1, -0.05) is 60.7 Å². The standard InChI is InChI=1S/C23H24N4S/c1-27(2)15-9-14-24-22-20-19(17-10-5-3-6-11-17)16-28-23(20)26-21(25-22)18-12-7-4-8-13-18/h3-8,10-13,16H,9,14-15H2,1-2H3,(H,24,25,26). The van der Waals surface area contributed by atoms with Crippen LogP contribution in [-0.4, -0.2) is 42.1 Å². The maximum atomic E-state index is 4.92. The Hall–Kier alpha value is -2.76. The zero-order valence-corrected chi connectivity index (χ0v) is 17.0. The second-order valence-corrected chi connectivity index (χ2v) is 7.90. The van der Waals surface area contributed by atoms with Crippen molar-refractivity contribution in [3.8, 4) is 22.5 Å². The lowest BCUT2D eigenvalue weighted by Gasteiger charge is -2.13. The van der Waals surface area contributed by atoms with E-state index in [1.165, 1.54) is 11.1 Å². The summed E-state index contributed by atoms with van der Waals surface area (Å²) in [5, 5.41) is 6.88. The summed E-state index contributed by atoms with van der Waals surface area (Å²) < 4.78 is 0. The van der Waals surface area contributed by atoms with E-state index < -0.39 is 0 Å². The maximum Gasteiger partial charge on any atom is 0.163 e. The minimum Gasteiger partial charge on any atom is -0.369 e. The van der Waals surface area contributed by atoms with Gasteiger partial charge >= 0.3 is 0 Å². The van der Waals surface area contributed by atoms with Crippen LogP contribution in [0.25, 0.3) is 32.7 Å². The van der Waals surface area contributed by atoms with Gasteiger partial charge in [-0.25, -0.2) is 9.97 Å². The number of benzene rings is 2. The zero-order valence-electron chi connectivity index (χ0n) is 16.2. The van der Waals surface area contributed by atoms with Crippen molar-refractivity contribution in [3.63, 3.8) is 0 Å². The van der Waals surface area contributed by atoms with Gasteiger partial charge in [0.1, 0.15) is 10.6 Å². The number of hydrogen-bond donors (Lipinski definition) is 1. The van der Waals surface area contributed by atoms with Crippen LogP contribution in [0.3, 0.4) is 0 Å². The van der Waals surface area contributed by atoms with Gasteiger partial charge in [0.15, 0.2) is 5.82 Å². The fraction of sp³-hybridized carbons (Fsp3) is 0.217. The van der Waals surface area contributed by atoms with Gasteiger partial charge in [-0.3, -0.25) is 0 Å². The molecular weight excluding hydrogens is 364 g/mol. The Balaban J connectivity index is 1.77. The highest BCUT2D eigenvalue weighted by molar-refractivity contribution is 7.17. The van der Waals surface area contributed by atoms with E-state index in [1.54, 1.807) is 11.3 Å². The predicted molar refractivity (Wildman–Crippen MR) is 120 cm³/mol. The molecule has 142 valence electrons. The third kappa shape index (κ3) is 4.06. The summed E-state index contributed by atoms with van der Waals surface area (Å²) in [6.07, 6.45) is 1.06. The molecule has 1 N–H and O–H groups in total. The number of anilines is 1. The smallest absolute Gasteiger partial charge is 0.163 e. The Kier molecular flexibility index (Phi) is 5.65. The Morgan fingerprint density at radius 1 is 0.893 bits per heavy atom. The second kappa shape index (κ2) is 8.50. The molecule has 0 aliphatic heterocycles. The summed E-state index contributed by atoms with van der Waals surface area (Å²) in [6.45, 7) is 1.92. The van der Waals surface area contributed by atoms with Gasteiger partial charge in [0.25, 0.3) is 0 Å². The Morgan fingerprint density at radius 3 is 2.25 bits per heavy atom. The van der Waals surface area contributed by atoms with E-state index in [1.807, 2.05) is 24.3 Å². The van der Waals surface area contributed by atoms with Gasteiger partial charge < -0.3 is 10.2 Å². The van der Waals surface area contributed by atoms with Gasteiger partial charge in [-0.05, 0) is 32.6 Å². The molecule has 0 saturated carbocycles. The first-order valence-electron chi connectivity index (χ1n) is 9.51. The molecule has 0 aliphatic carbocycles. The minimum atomic E-state index is 0.768. The third-order valence-electron chi connectivity index (χ3n) is 4.62. The molecule has 28 heavy (non-hydrogen) atoms. The van der Waals surface area contributed by atoms with Crippen molar-refractivity contribution in [2.24, 2.45) is 0 Å². The molecule has 0 spiro atoms. The zero-order chi connectivity index (χ0) is 19.3. The van der Waals surface area contributed by atoms with Crippen LogP contribution < -0.4 is 5.32 Å². The number of nitrogens with one attached hydrogen (secondary N) is 1. The van der Waals surface area contributed by atoms with E-state index in [2.05, 4.69) is 66.1 Å². The van der Waals surface area contributed by atoms with Crippen LogP contribution in [0.5, 0.6) is 0 Å². The first kappa shape index (κ1) is 18.6. The summed E-state index contributed by atoms with van der Waals surface area (Å²) >= 11 is 1.68. The molecule has 0 radical (unpaired) electrons. The molecule has 2 aromatic carbocycles. The molecule has 0 bridgehead atoms. The Bertz CT molecular complexity index is 1040. The molecule has 5 heteroatoms. The highest BCUT2D eigenvalue weighted by Crippen LogP contribution is 2.38. The van der Waals surface area contributed by atoms with Gasteiger partial charge in [-0.2, -0.15) is 0 Å². The van der Waals surface area contributed by atoms with Crippen molar-refractivity contribution < 1.29 is 0 Å². The van der Waals surface area contributed by atoms with Crippen LogP contribution in [-0.2, 0) is 0 Å². The lowest BCUT2D eigenvalue weighted by atomic mass is 10.1. The molecule has 4 nitrogen and oxygen atoms in total. The first-order chi connectivity index (χ1) is 13.7. The summed E-state index contributed by atoms with van der Waals surface area (Å²) in [4.78, 5) is 13.0. The van der Waals surface area contributed by atoms with Crippen molar-refractivity contribution in [2.75, 3.05) is 32.5 Å². The van der Waals surface area contributed by atoms with Crippen molar-refractivity contribution in [1.29, 1.82) is 0 Å². The van der Waals surface area contributed by atoms with Crippen molar-refractivity contribution in [1.82, 2.24) is 14.9 Å². The average molecular weight is 389 g/mol. The average Bonchev–Trinajstić information content (AvgIpc) is 3.16. The fourth-order valence-corrected chi connectivity index (χ4v) is 4.17. The van der Waals surface area contributed by atoms with Crippen LogP contribution in [0, 0.1) is 0 Å². The van der Waals surface area contributed by atoms with E-state index in [4.69, 9.17) is 9.97 Å². The summed E-state index contributed by atoms with van der Waals surface area (Å²) in [7, 11) is 4.20. The summed E-state index contributed by atoms with van der Waals surface area (Å²) in [6, 6.07) is 20.7. The van der Waals surface area contributed by atoms with Gasteiger partial charge in [0.05, 0.1) is 5.39 Å². The van der Waals surface area contributed by atoms with Crippen molar-refractivity contribution in [2.45, 2.75) is 6.42 Å². The molecule has 4 rings (SSSR count). The predicted octanol–water partition coefficient (Wildman–Crippen LogP) is 5.39. The maximum absolute atomic E-state index is 4.92. The molecule has 4 aromatic rings. The minimum absolute atomic E-state index is 0.768. The fourth-order valence-electron chi connectivity index (χ4n) is 3.22. The molecule has 0 saturated heterocycles. The Morgan fingerprint density at radius 2 is 1.57 bits per heavy atom. The van der Waals surface area contributed by atoms with Crippen LogP contribution in [0.15, 0.2) is 66.0 Å². The van der Waals surface area contributed by atoms with E-state index in [9.17, 15) is 0 Å². The van der Waals surface area contributed by atoms with E-state index in [-0.39, 0.29) is 0 Å². The molecule has 2 heterocycles. The van der Waals surface area contributed by atoms with Crippen molar-refractivity contribution >= 4 is 27.4 Å². The molecule has 0 aliphatic rings. The molecule has 0 amide bonds. The number of rotatable bonds is 7. The lowest BCUT2D eigenvalue weighted by molar-refractivity contribution is 0.405. The highest BCUT2D eigenvalue weighted by atomic mass is 32.1. The summed E-state index contributed by atoms with van der Waals surface area (Å²) in [5.74, 6) is 1.69. The first-order valence-corrected chi connectivity index (χ1v) is 10.4. The third-order valence-corrected chi connectivity index (χ3v) is 5.50. The molecule has 0 atom stereocenters. The quantitative estimate of drug-likeness (QED) is 0.431. The molecule has 0 unspecified atom stereocenters. The van der Waals surface area contributed by atoms with E-state index in [0.29, 0.717) is 0 Å². The molecule has 2 aromatic heterocycles. The number of thiophene rings is 1. The van der Waals surface area contributed by atoms with Crippen LogP contribution in [0.1, 0.15) is 6.42 Å². The van der Waals surface area contributed by atoms with Crippen LogP contribution in [0.2, 0.25) is 0 Å². The Labute approximate surface area is 169 Å². The number of aromatic nitrogens is 2. The van der Waals surface area contributed by atoms with Gasteiger partial charge in [0.2, 0.25) is 0 Å². The molecule has 0 fully saturated rings. The monoisotopic (exact) mass is 388 g/mol. The van der Waals surface area contributed by atoms with Crippen molar-refractivity contribution in [3.05, 3.63) is 66.0 Å². The van der Waals surface area contributed by atoms with Crippen LogP contribution >= 0.6 is 11.3 Å². The highest BCUT2D eigenvalue weighted by Gasteiger charge is 2.16. The lowest BCUT2D eigenvalue weighted by Crippen LogP contribution is -2.16. The normalized spacial score (nSPS) is 11.2. The summed E-state index contributed by atoms with van der Waals surface area (Å²) in [5.41, 5.74) is 3.42. The van der Waals surface area contributed by atoms with Gasteiger partial charge in [-0.15, -0.1) is 11.3 Å². The van der Waals surface area contributed by atoms with E-state index >= 15 is 0 Å². The number of fused-ring (bicyclic) bond motifs is 1.